The van der Waals surface area contributed by atoms with Gasteiger partial charge in [-0.3, -0.25) is 4.98 Å². The number of pyridine rings is 1. The number of hydrogen-bond donors (Lipinski definition) is 0. The van der Waals surface area contributed by atoms with Gasteiger partial charge in [-0.25, -0.2) is 0 Å². The zero-order valence-electron chi connectivity index (χ0n) is 8.34. The Balaban J connectivity index is 2.32. The Morgan fingerprint density at radius 2 is 2.13 bits per heavy atom. The summed E-state index contributed by atoms with van der Waals surface area (Å²) in [6.07, 6.45) is 5.25. The molecule has 0 aromatic carbocycles. The van der Waals surface area contributed by atoms with Gasteiger partial charge in [-0.2, -0.15) is 0 Å². The van der Waals surface area contributed by atoms with Crippen molar-refractivity contribution >= 4 is 11.6 Å². The molecule has 0 radical (unpaired) electrons. The average Bonchev–Trinajstić information content (AvgIpc) is 2.77. The standard InChI is InChI=1S/C10H11ClN4/c1-8(9-2-4-12-5-3-9)15-7-13-14-10(15)6-11/h2-5,7-8H,6H2,1H3. The fraction of sp³-hybridized carbons (Fsp3) is 0.300. The van der Waals surface area contributed by atoms with Gasteiger partial charge < -0.3 is 4.57 Å². The first-order chi connectivity index (χ1) is 7.33. The van der Waals surface area contributed by atoms with E-state index >= 15 is 0 Å². The van der Waals surface area contributed by atoms with E-state index < -0.39 is 0 Å². The summed E-state index contributed by atoms with van der Waals surface area (Å²) in [4.78, 5) is 3.99. The Bertz CT molecular complexity index is 426. The van der Waals surface area contributed by atoms with E-state index in [-0.39, 0.29) is 6.04 Å². The maximum Gasteiger partial charge on any atom is 0.148 e. The lowest BCUT2D eigenvalue weighted by Crippen LogP contribution is -2.08. The molecular formula is C10H11ClN4. The molecule has 0 amide bonds. The Morgan fingerprint density at radius 3 is 2.80 bits per heavy atom. The van der Waals surface area contributed by atoms with Crippen LogP contribution in [0.3, 0.4) is 0 Å². The van der Waals surface area contributed by atoms with Crippen LogP contribution in [-0.2, 0) is 5.88 Å². The smallest absolute Gasteiger partial charge is 0.148 e. The zero-order chi connectivity index (χ0) is 10.7. The monoisotopic (exact) mass is 222 g/mol. The molecule has 0 saturated heterocycles. The van der Waals surface area contributed by atoms with Crippen molar-refractivity contribution in [2.24, 2.45) is 0 Å². The van der Waals surface area contributed by atoms with E-state index in [9.17, 15) is 0 Å². The van der Waals surface area contributed by atoms with Crippen LogP contribution in [0.5, 0.6) is 0 Å². The van der Waals surface area contributed by atoms with Crippen LogP contribution in [0.25, 0.3) is 0 Å². The number of alkyl halides is 1. The third-order valence-corrected chi connectivity index (χ3v) is 2.61. The number of rotatable bonds is 3. The van der Waals surface area contributed by atoms with Crippen molar-refractivity contribution < 1.29 is 0 Å². The van der Waals surface area contributed by atoms with Gasteiger partial charge in [0.25, 0.3) is 0 Å². The van der Waals surface area contributed by atoms with E-state index in [1.54, 1.807) is 18.7 Å². The van der Waals surface area contributed by atoms with Crippen LogP contribution < -0.4 is 0 Å². The predicted molar refractivity (Wildman–Crippen MR) is 57.6 cm³/mol. The van der Waals surface area contributed by atoms with Crippen molar-refractivity contribution in [3.8, 4) is 0 Å². The van der Waals surface area contributed by atoms with E-state index in [1.807, 2.05) is 16.7 Å². The first kappa shape index (κ1) is 10.1. The van der Waals surface area contributed by atoms with Gasteiger partial charge in [-0.05, 0) is 24.6 Å². The maximum atomic E-state index is 5.77. The highest BCUT2D eigenvalue weighted by atomic mass is 35.5. The van der Waals surface area contributed by atoms with Gasteiger partial charge in [0.05, 0.1) is 11.9 Å². The molecule has 1 atom stereocenters. The third kappa shape index (κ3) is 1.99. The highest BCUT2D eigenvalue weighted by molar-refractivity contribution is 6.16. The minimum absolute atomic E-state index is 0.178. The van der Waals surface area contributed by atoms with Crippen LogP contribution >= 0.6 is 11.6 Å². The summed E-state index contributed by atoms with van der Waals surface area (Å²) >= 11 is 5.77. The average molecular weight is 223 g/mol. The Labute approximate surface area is 92.9 Å². The van der Waals surface area contributed by atoms with Gasteiger partial charge in [-0.1, -0.05) is 0 Å². The van der Waals surface area contributed by atoms with Crippen molar-refractivity contribution in [2.45, 2.75) is 18.8 Å². The molecule has 0 saturated carbocycles. The molecule has 2 aromatic heterocycles. The molecule has 2 heterocycles. The van der Waals surface area contributed by atoms with E-state index in [4.69, 9.17) is 11.6 Å². The van der Waals surface area contributed by atoms with Crippen molar-refractivity contribution in [1.29, 1.82) is 0 Å². The number of hydrogen-bond acceptors (Lipinski definition) is 3. The topological polar surface area (TPSA) is 43.6 Å². The summed E-state index contributed by atoms with van der Waals surface area (Å²) in [5, 5.41) is 7.80. The molecule has 0 bridgehead atoms. The summed E-state index contributed by atoms with van der Waals surface area (Å²) in [5.74, 6) is 1.15. The van der Waals surface area contributed by atoms with Crippen molar-refractivity contribution in [1.82, 2.24) is 19.7 Å². The minimum atomic E-state index is 0.178. The quantitative estimate of drug-likeness (QED) is 0.747. The van der Waals surface area contributed by atoms with Gasteiger partial charge in [0.15, 0.2) is 0 Å². The summed E-state index contributed by atoms with van der Waals surface area (Å²) in [6, 6.07) is 4.13. The lowest BCUT2D eigenvalue weighted by atomic mass is 10.1. The molecule has 15 heavy (non-hydrogen) atoms. The SMILES string of the molecule is CC(c1ccncc1)n1cnnc1CCl. The van der Waals surface area contributed by atoms with Crippen LogP contribution in [0.2, 0.25) is 0 Å². The molecule has 2 aromatic rings. The molecule has 0 fully saturated rings. The molecule has 0 spiro atoms. The molecule has 78 valence electrons. The van der Waals surface area contributed by atoms with E-state index in [2.05, 4.69) is 22.1 Å². The molecular weight excluding hydrogens is 212 g/mol. The summed E-state index contributed by atoms with van der Waals surface area (Å²) in [5.41, 5.74) is 1.16. The fourth-order valence-electron chi connectivity index (χ4n) is 1.49. The number of nitrogens with zero attached hydrogens (tertiary/aromatic N) is 4. The van der Waals surface area contributed by atoms with Crippen molar-refractivity contribution in [3.05, 3.63) is 42.2 Å². The molecule has 2 rings (SSSR count). The van der Waals surface area contributed by atoms with Gasteiger partial charge in [-0.15, -0.1) is 21.8 Å². The molecule has 0 aliphatic heterocycles. The van der Waals surface area contributed by atoms with Crippen LogP contribution in [0, 0.1) is 0 Å². The van der Waals surface area contributed by atoms with E-state index in [1.165, 1.54) is 0 Å². The highest BCUT2D eigenvalue weighted by Crippen LogP contribution is 2.18. The summed E-state index contributed by atoms with van der Waals surface area (Å²) < 4.78 is 1.96. The molecule has 0 N–H and O–H groups in total. The lowest BCUT2D eigenvalue weighted by molar-refractivity contribution is 0.614. The second-order valence-corrected chi connectivity index (χ2v) is 3.51. The number of halogens is 1. The summed E-state index contributed by atoms with van der Waals surface area (Å²) in [7, 11) is 0. The van der Waals surface area contributed by atoms with Crippen LogP contribution in [0.1, 0.15) is 24.4 Å². The second-order valence-electron chi connectivity index (χ2n) is 3.24. The van der Waals surface area contributed by atoms with Gasteiger partial charge in [0.2, 0.25) is 0 Å². The van der Waals surface area contributed by atoms with Crippen LogP contribution in [0.4, 0.5) is 0 Å². The third-order valence-electron chi connectivity index (χ3n) is 2.37. The maximum absolute atomic E-state index is 5.77. The van der Waals surface area contributed by atoms with Crippen molar-refractivity contribution in [2.75, 3.05) is 0 Å². The normalized spacial score (nSPS) is 12.7. The molecule has 0 aliphatic carbocycles. The van der Waals surface area contributed by atoms with Gasteiger partial charge in [0.1, 0.15) is 12.2 Å². The first-order valence-corrected chi connectivity index (χ1v) is 5.20. The van der Waals surface area contributed by atoms with E-state index in [0.717, 1.165) is 11.4 Å². The van der Waals surface area contributed by atoms with E-state index in [0.29, 0.717) is 5.88 Å². The highest BCUT2D eigenvalue weighted by Gasteiger charge is 2.11. The lowest BCUT2D eigenvalue weighted by Gasteiger charge is -2.14. The molecule has 4 nitrogen and oxygen atoms in total. The Kier molecular flexibility index (Phi) is 2.97. The van der Waals surface area contributed by atoms with Crippen LogP contribution in [-0.4, -0.2) is 19.7 Å². The number of aromatic nitrogens is 4. The minimum Gasteiger partial charge on any atom is -0.309 e. The second kappa shape index (κ2) is 4.40. The molecule has 5 heteroatoms. The molecule has 0 aliphatic rings. The Hall–Kier alpha value is -1.42. The summed E-state index contributed by atoms with van der Waals surface area (Å²) in [6.45, 7) is 2.08. The Morgan fingerprint density at radius 1 is 1.40 bits per heavy atom. The van der Waals surface area contributed by atoms with Crippen LogP contribution in [0.15, 0.2) is 30.9 Å². The predicted octanol–water partition coefficient (Wildman–Crippen LogP) is 2.02. The largest absolute Gasteiger partial charge is 0.309 e. The first-order valence-electron chi connectivity index (χ1n) is 4.67. The van der Waals surface area contributed by atoms with Gasteiger partial charge >= 0.3 is 0 Å². The molecule has 1 unspecified atom stereocenters. The zero-order valence-corrected chi connectivity index (χ0v) is 9.09. The van der Waals surface area contributed by atoms with Gasteiger partial charge in [0, 0.05) is 12.4 Å². The van der Waals surface area contributed by atoms with Crippen molar-refractivity contribution in [3.63, 3.8) is 0 Å². The fourth-order valence-corrected chi connectivity index (χ4v) is 1.68.